The molecule has 0 unspecified atom stereocenters. The maximum Gasteiger partial charge on any atom is 0.266 e. The van der Waals surface area contributed by atoms with Gasteiger partial charge in [-0.3, -0.25) is 4.79 Å². The van der Waals surface area contributed by atoms with Gasteiger partial charge in [-0.15, -0.1) is 0 Å². The Morgan fingerprint density at radius 3 is 2.29 bits per heavy atom. The van der Waals surface area contributed by atoms with E-state index in [2.05, 4.69) is 23.7 Å². The second-order valence-corrected chi connectivity index (χ2v) is 6.42. The number of aromatic nitrogens is 1. The molecule has 1 aromatic heterocycles. The average Bonchev–Trinajstić information content (AvgIpc) is 2.84. The van der Waals surface area contributed by atoms with Gasteiger partial charge in [0, 0.05) is 23.6 Å². The predicted octanol–water partition coefficient (Wildman–Crippen LogP) is 4.54. The van der Waals surface area contributed by atoms with Crippen LogP contribution in [0.1, 0.15) is 42.3 Å². The van der Waals surface area contributed by atoms with Crippen LogP contribution in [0, 0.1) is 32.1 Å². The normalized spacial score (nSPS) is 11.5. The topological polar surface area (TPSA) is 57.8 Å². The van der Waals surface area contributed by atoms with Crippen LogP contribution in [0.4, 0.5) is 5.69 Å². The third-order valence-corrected chi connectivity index (χ3v) is 3.78. The summed E-state index contributed by atoms with van der Waals surface area (Å²) in [5.41, 5.74) is 4.89. The van der Waals surface area contributed by atoms with Crippen LogP contribution in [0.5, 0.6) is 0 Å². The number of anilines is 1. The Labute approximate surface area is 143 Å². The molecule has 1 aromatic carbocycles. The highest BCUT2D eigenvalue weighted by molar-refractivity contribution is 6.09. The molecule has 2 aromatic rings. The highest BCUT2D eigenvalue weighted by Gasteiger charge is 2.11. The number of hydrogen-bond acceptors (Lipinski definition) is 2. The van der Waals surface area contributed by atoms with E-state index in [1.165, 1.54) is 0 Å². The number of hydrogen-bond donors (Lipinski definition) is 1. The van der Waals surface area contributed by atoms with Crippen molar-refractivity contribution in [3.05, 3.63) is 58.4 Å². The molecule has 24 heavy (non-hydrogen) atoms. The fourth-order valence-corrected chi connectivity index (χ4v) is 2.81. The molecule has 1 amide bonds. The lowest BCUT2D eigenvalue weighted by Gasteiger charge is -2.09. The summed E-state index contributed by atoms with van der Waals surface area (Å²) in [6, 6.07) is 10.1. The maximum atomic E-state index is 12.4. The van der Waals surface area contributed by atoms with E-state index < -0.39 is 5.91 Å². The summed E-state index contributed by atoms with van der Waals surface area (Å²) in [6.45, 7) is 10.2. The number of nitrogens with one attached hydrogen (secondary N) is 1. The summed E-state index contributed by atoms with van der Waals surface area (Å²) < 4.78 is 2.11. The van der Waals surface area contributed by atoms with E-state index in [-0.39, 0.29) is 5.57 Å². The number of rotatable bonds is 4. The molecule has 0 aliphatic carbocycles. The Bertz CT molecular complexity index is 815. The zero-order chi connectivity index (χ0) is 17.9. The summed E-state index contributed by atoms with van der Waals surface area (Å²) in [4.78, 5) is 12.4. The molecule has 4 nitrogen and oxygen atoms in total. The molecule has 1 heterocycles. The van der Waals surface area contributed by atoms with Gasteiger partial charge in [0.05, 0.1) is 0 Å². The summed E-state index contributed by atoms with van der Waals surface area (Å²) in [6.07, 6.45) is 3.59. The van der Waals surface area contributed by atoms with Gasteiger partial charge in [-0.2, -0.15) is 5.26 Å². The van der Waals surface area contributed by atoms with Crippen molar-refractivity contribution in [3.8, 4) is 6.07 Å². The number of benzene rings is 1. The zero-order valence-corrected chi connectivity index (χ0v) is 14.8. The van der Waals surface area contributed by atoms with Crippen molar-refractivity contribution >= 4 is 17.7 Å². The fourth-order valence-electron chi connectivity index (χ4n) is 2.81. The summed E-state index contributed by atoms with van der Waals surface area (Å²) in [7, 11) is 0. The highest BCUT2D eigenvalue weighted by atomic mass is 16.1. The van der Waals surface area contributed by atoms with E-state index in [9.17, 15) is 10.1 Å². The van der Waals surface area contributed by atoms with Gasteiger partial charge in [0.25, 0.3) is 5.91 Å². The quantitative estimate of drug-likeness (QED) is 0.664. The molecule has 0 fully saturated rings. The summed E-state index contributed by atoms with van der Waals surface area (Å²) in [5, 5.41) is 12.1. The first kappa shape index (κ1) is 17.6. The van der Waals surface area contributed by atoms with Gasteiger partial charge in [-0.25, -0.2) is 0 Å². The van der Waals surface area contributed by atoms with Gasteiger partial charge in [-0.05, 0) is 75.6 Å². The zero-order valence-electron chi connectivity index (χ0n) is 14.8. The lowest BCUT2D eigenvalue weighted by molar-refractivity contribution is -0.112. The van der Waals surface area contributed by atoms with Gasteiger partial charge in [0.15, 0.2) is 0 Å². The van der Waals surface area contributed by atoms with Crippen molar-refractivity contribution in [1.29, 1.82) is 5.26 Å². The number of amides is 1. The largest absolute Gasteiger partial charge is 0.349 e. The molecule has 4 heteroatoms. The monoisotopic (exact) mass is 321 g/mol. The van der Waals surface area contributed by atoms with Crippen molar-refractivity contribution in [3.63, 3.8) is 0 Å². The van der Waals surface area contributed by atoms with E-state index in [1.54, 1.807) is 6.08 Å². The van der Waals surface area contributed by atoms with E-state index in [0.717, 1.165) is 22.4 Å². The molecule has 0 radical (unpaired) electrons. The molecular formula is C20H23N3O. The number of nitrogens with zero attached hydrogens (tertiary/aromatic N) is 2. The van der Waals surface area contributed by atoms with Crippen molar-refractivity contribution < 1.29 is 4.79 Å². The SMILES string of the molecule is Cc1cc(C)cc(NC(=O)/C(C#N)=C/c2cc(C)n(C(C)C)c2)c1. The second-order valence-electron chi connectivity index (χ2n) is 6.42. The van der Waals surface area contributed by atoms with Crippen LogP contribution in [0.3, 0.4) is 0 Å². The van der Waals surface area contributed by atoms with E-state index >= 15 is 0 Å². The first-order valence-electron chi connectivity index (χ1n) is 8.00. The molecule has 0 saturated carbocycles. The van der Waals surface area contributed by atoms with Crippen molar-refractivity contribution in [2.75, 3.05) is 5.32 Å². The maximum absolute atomic E-state index is 12.4. The minimum absolute atomic E-state index is 0.0927. The van der Waals surface area contributed by atoms with Crippen LogP contribution < -0.4 is 5.32 Å². The molecule has 0 saturated heterocycles. The molecule has 0 aliphatic heterocycles. The third kappa shape index (κ3) is 4.14. The van der Waals surface area contributed by atoms with Gasteiger partial charge < -0.3 is 9.88 Å². The minimum atomic E-state index is -0.391. The second kappa shape index (κ2) is 7.18. The average molecular weight is 321 g/mol. The van der Waals surface area contributed by atoms with Crippen LogP contribution in [0.25, 0.3) is 6.08 Å². The molecular weight excluding hydrogens is 298 g/mol. The third-order valence-electron chi connectivity index (χ3n) is 3.78. The van der Waals surface area contributed by atoms with Gasteiger partial charge in [0.2, 0.25) is 0 Å². The van der Waals surface area contributed by atoms with Crippen LogP contribution in [-0.2, 0) is 4.79 Å². The van der Waals surface area contributed by atoms with E-state index in [1.807, 2.05) is 57.3 Å². The van der Waals surface area contributed by atoms with Crippen LogP contribution in [0.2, 0.25) is 0 Å². The molecule has 2 rings (SSSR count). The molecule has 0 bridgehead atoms. The first-order chi connectivity index (χ1) is 11.3. The number of nitriles is 1. The van der Waals surface area contributed by atoms with Crippen molar-refractivity contribution in [2.24, 2.45) is 0 Å². The van der Waals surface area contributed by atoms with Crippen LogP contribution >= 0.6 is 0 Å². The smallest absolute Gasteiger partial charge is 0.266 e. The molecule has 0 aliphatic rings. The van der Waals surface area contributed by atoms with Gasteiger partial charge >= 0.3 is 0 Å². The Balaban J connectivity index is 2.25. The molecule has 124 valence electrons. The lowest BCUT2D eigenvalue weighted by atomic mass is 10.1. The Morgan fingerprint density at radius 1 is 1.17 bits per heavy atom. The number of carbonyl (C=O) groups excluding carboxylic acids is 1. The number of aryl methyl sites for hydroxylation is 3. The fraction of sp³-hybridized carbons (Fsp3) is 0.300. The Hall–Kier alpha value is -2.80. The molecule has 0 atom stereocenters. The molecule has 1 N–H and O–H groups in total. The summed E-state index contributed by atoms with van der Waals surface area (Å²) >= 11 is 0. The Morgan fingerprint density at radius 2 is 1.79 bits per heavy atom. The van der Waals surface area contributed by atoms with Crippen LogP contribution in [-0.4, -0.2) is 10.5 Å². The van der Waals surface area contributed by atoms with Crippen LogP contribution in [0.15, 0.2) is 36.0 Å². The van der Waals surface area contributed by atoms with E-state index in [4.69, 9.17) is 0 Å². The predicted molar refractivity (Wildman–Crippen MR) is 97.7 cm³/mol. The highest BCUT2D eigenvalue weighted by Crippen LogP contribution is 2.18. The summed E-state index contributed by atoms with van der Waals surface area (Å²) in [5.74, 6) is -0.391. The van der Waals surface area contributed by atoms with E-state index in [0.29, 0.717) is 11.7 Å². The first-order valence-corrected chi connectivity index (χ1v) is 8.00. The lowest BCUT2D eigenvalue weighted by Crippen LogP contribution is -2.13. The number of carbonyl (C=O) groups is 1. The molecule has 0 spiro atoms. The Kier molecular flexibility index (Phi) is 5.25. The standard InChI is InChI=1S/C20H23N3O/c1-13(2)23-12-17(9-16(23)5)10-18(11-21)20(24)22-19-7-14(3)6-15(4)8-19/h6-10,12-13H,1-5H3,(H,22,24)/b18-10+. The minimum Gasteiger partial charge on any atom is -0.349 e. The van der Waals surface area contributed by atoms with Gasteiger partial charge in [0.1, 0.15) is 11.6 Å². The van der Waals surface area contributed by atoms with Crippen molar-refractivity contribution in [2.45, 2.75) is 40.7 Å². The van der Waals surface area contributed by atoms with Gasteiger partial charge in [-0.1, -0.05) is 6.07 Å². The van der Waals surface area contributed by atoms with Crippen molar-refractivity contribution in [1.82, 2.24) is 4.57 Å².